The largest absolute Gasteiger partial charge is 0.462 e. The van der Waals surface area contributed by atoms with Crippen LogP contribution >= 0.6 is 0 Å². The first-order valence-electron chi connectivity index (χ1n) is 10.0. The molecule has 0 N–H and O–H groups in total. The molecule has 2 aliphatic rings. The number of rotatable bonds is 5. The Kier molecular flexibility index (Phi) is 5.11. The molecule has 1 saturated carbocycles. The van der Waals surface area contributed by atoms with Crippen LogP contribution < -0.4 is 4.90 Å². The summed E-state index contributed by atoms with van der Waals surface area (Å²) in [6.07, 6.45) is 10.4. The van der Waals surface area contributed by atoms with Crippen LogP contribution in [0.25, 0.3) is 5.95 Å². The van der Waals surface area contributed by atoms with Gasteiger partial charge in [0.25, 0.3) is 5.95 Å². The second-order valence-electron chi connectivity index (χ2n) is 7.33. The highest BCUT2D eigenvalue weighted by atomic mass is 16.5. The predicted molar refractivity (Wildman–Crippen MR) is 103 cm³/mol. The van der Waals surface area contributed by atoms with E-state index < -0.39 is 5.97 Å². The average molecular weight is 383 g/mol. The monoisotopic (exact) mass is 383 g/mol. The van der Waals surface area contributed by atoms with Crippen molar-refractivity contribution < 1.29 is 14.3 Å². The summed E-state index contributed by atoms with van der Waals surface area (Å²) >= 11 is 0. The molecule has 2 aromatic rings. The SMILES string of the molecule is CCOC(=O)c1cnn(-c2ncc3c(n2)N(C2CCCC2)[C@H](CC)C(=O)C3)c1. The molecule has 8 heteroatoms. The van der Waals surface area contributed by atoms with Gasteiger partial charge in [-0.05, 0) is 26.2 Å². The van der Waals surface area contributed by atoms with Gasteiger partial charge in [-0.1, -0.05) is 19.8 Å². The first-order chi connectivity index (χ1) is 13.6. The molecule has 0 unspecified atom stereocenters. The summed E-state index contributed by atoms with van der Waals surface area (Å²) in [6, 6.07) is 0.203. The molecule has 8 nitrogen and oxygen atoms in total. The molecular weight excluding hydrogens is 358 g/mol. The van der Waals surface area contributed by atoms with Gasteiger partial charge >= 0.3 is 5.97 Å². The van der Waals surface area contributed by atoms with Crippen LogP contribution in [0.1, 0.15) is 61.9 Å². The number of aromatic nitrogens is 4. The van der Waals surface area contributed by atoms with Crippen molar-refractivity contribution in [2.24, 2.45) is 0 Å². The summed E-state index contributed by atoms with van der Waals surface area (Å²) in [6.45, 7) is 4.12. The third kappa shape index (κ3) is 3.27. The lowest BCUT2D eigenvalue weighted by molar-refractivity contribution is -0.120. The number of hydrogen-bond donors (Lipinski definition) is 0. The van der Waals surface area contributed by atoms with Gasteiger partial charge in [-0.15, -0.1) is 0 Å². The molecule has 2 aromatic heterocycles. The quantitative estimate of drug-likeness (QED) is 0.733. The molecule has 1 atom stereocenters. The van der Waals surface area contributed by atoms with E-state index in [0.29, 0.717) is 30.6 Å². The van der Waals surface area contributed by atoms with E-state index in [4.69, 9.17) is 9.72 Å². The first-order valence-corrected chi connectivity index (χ1v) is 10.0. The molecule has 1 aliphatic heterocycles. The molecule has 0 aromatic carbocycles. The van der Waals surface area contributed by atoms with Gasteiger partial charge < -0.3 is 9.64 Å². The predicted octanol–water partition coefficient (Wildman–Crippen LogP) is 2.49. The zero-order valence-electron chi connectivity index (χ0n) is 16.3. The Labute approximate surface area is 163 Å². The van der Waals surface area contributed by atoms with Crippen LogP contribution in [0.4, 0.5) is 5.82 Å². The van der Waals surface area contributed by atoms with Crippen molar-refractivity contribution in [3.63, 3.8) is 0 Å². The van der Waals surface area contributed by atoms with Crippen molar-refractivity contribution in [1.82, 2.24) is 19.7 Å². The zero-order chi connectivity index (χ0) is 19.7. The summed E-state index contributed by atoms with van der Waals surface area (Å²) in [7, 11) is 0. The Hall–Kier alpha value is -2.77. The minimum Gasteiger partial charge on any atom is -0.462 e. The summed E-state index contributed by atoms with van der Waals surface area (Å²) in [4.78, 5) is 36.0. The van der Waals surface area contributed by atoms with Gasteiger partial charge in [0.05, 0.1) is 24.4 Å². The maximum absolute atomic E-state index is 12.7. The third-order valence-electron chi connectivity index (χ3n) is 5.55. The van der Waals surface area contributed by atoms with Gasteiger partial charge in [0.1, 0.15) is 5.82 Å². The van der Waals surface area contributed by atoms with Gasteiger partial charge in [-0.2, -0.15) is 10.1 Å². The number of ether oxygens (including phenoxy) is 1. The molecule has 4 rings (SSSR count). The molecule has 1 aliphatic carbocycles. The second-order valence-corrected chi connectivity index (χ2v) is 7.33. The fraction of sp³-hybridized carbons (Fsp3) is 0.550. The number of hydrogen-bond acceptors (Lipinski definition) is 7. The minimum atomic E-state index is -0.420. The number of Topliss-reactive ketones (excluding diaryl/α,β-unsaturated/α-hetero) is 1. The molecular formula is C20H25N5O3. The lowest BCUT2D eigenvalue weighted by atomic mass is 9.94. The van der Waals surface area contributed by atoms with Gasteiger partial charge in [0.15, 0.2) is 5.78 Å². The lowest BCUT2D eigenvalue weighted by Gasteiger charge is -2.40. The van der Waals surface area contributed by atoms with Crippen molar-refractivity contribution >= 4 is 17.6 Å². The first kappa shape index (κ1) is 18.6. The average Bonchev–Trinajstić information content (AvgIpc) is 3.39. The number of ketones is 1. The highest BCUT2D eigenvalue weighted by molar-refractivity contribution is 5.93. The fourth-order valence-electron chi connectivity index (χ4n) is 4.24. The van der Waals surface area contributed by atoms with Crippen LogP contribution in [0.5, 0.6) is 0 Å². The Balaban J connectivity index is 1.71. The van der Waals surface area contributed by atoms with Crippen LogP contribution in [0, 0.1) is 0 Å². The number of esters is 1. The summed E-state index contributed by atoms with van der Waals surface area (Å²) < 4.78 is 6.50. The maximum atomic E-state index is 12.7. The van der Waals surface area contributed by atoms with Crippen LogP contribution in [0.15, 0.2) is 18.6 Å². The molecule has 0 bridgehead atoms. The van der Waals surface area contributed by atoms with E-state index in [9.17, 15) is 9.59 Å². The smallest absolute Gasteiger partial charge is 0.341 e. The Bertz CT molecular complexity index is 888. The maximum Gasteiger partial charge on any atom is 0.341 e. The minimum absolute atomic E-state index is 0.133. The molecule has 3 heterocycles. The van der Waals surface area contributed by atoms with E-state index in [2.05, 4.69) is 21.9 Å². The molecule has 0 amide bonds. The van der Waals surface area contributed by atoms with E-state index in [1.54, 1.807) is 19.3 Å². The Morgan fingerprint density at radius 1 is 1.25 bits per heavy atom. The van der Waals surface area contributed by atoms with Gasteiger partial charge in [-0.25, -0.2) is 14.5 Å². The molecule has 0 spiro atoms. The zero-order valence-corrected chi connectivity index (χ0v) is 16.3. The molecule has 28 heavy (non-hydrogen) atoms. The van der Waals surface area contributed by atoms with Crippen LogP contribution in [0.3, 0.4) is 0 Å². The van der Waals surface area contributed by atoms with Crippen molar-refractivity contribution in [3.05, 3.63) is 29.7 Å². The van der Waals surface area contributed by atoms with Crippen molar-refractivity contribution in [2.45, 2.75) is 64.5 Å². The summed E-state index contributed by atoms with van der Waals surface area (Å²) in [5.74, 6) is 1.04. The lowest BCUT2D eigenvalue weighted by Crippen LogP contribution is -2.50. The van der Waals surface area contributed by atoms with Gasteiger partial charge in [0.2, 0.25) is 0 Å². The molecule has 1 fully saturated rings. The number of nitrogens with zero attached hydrogens (tertiary/aromatic N) is 5. The topological polar surface area (TPSA) is 90.2 Å². The van der Waals surface area contributed by atoms with Gasteiger partial charge in [0, 0.05) is 30.4 Å². The number of anilines is 1. The second kappa shape index (κ2) is 7.69. The molecule has 0 radical (unpaired) electrons. The van der Waals surface area contributed by atoms with Crippen LogP contribution in [-0.4, -0.2) is 50.2 Å². The van der Waals surface area contributed by atoms with Gasteiger partial charge in [-0.3, -0.25) is 4.79 Å². The fourth-order valence-corrected chi connectivity index (χ4v) is 4.24. The number of carbonyl (C=O) groups is 2. The van der Waals surface area contributed by atoms with E-state index in [1.807, 2.05) is 0 Å². The highest BCUT2D eigenvalue weighted by Crippen LogP contribution is 2.35. The molecule has 148 valence electrons. The summed E-state index contributed by atoms with van der Waals surface area (Å²) in [5, 5.41) is 4.22. The standard InChI is InChI=1S/C20H25N5O3/c1-3-16-17(26)9-13-10-21-20(23-18(13)25(16)15-7-5-6-8-15)24-12-14(11-22-24)19(27)28-4-2/h10-12,15-16H,3-9H2,1-2H3/t16-/m1/s1. The number of carbonyl (C=O) groups excluding carboxylic acids is 2. The van der Waals surface area contributed by atoms with E-state index in [1.165, 1.54) is 23.7 Å². The highest BCUT2D eigenvalue weighted by Gasteiger charge is 2.38. The van der Waals surface area contributed by atoms with Crippen molar-refractivity contribution in [3.8, 4) is 5.95 Å². The van der Waals surface area contributed by atoms with Crippen molar-refractivity contribution in [2.75, 3.05) is 11.5 Å². The summed E-state index contributed by atoms with van der Waals surface area (Å²) in [5.41, 5.74) is 1.22. The van der Waals surface area contributed by atoms with Crippen molar-refractivity contribution in [1.29, 1.82) is 0 Å². The normalized spacial score (nSPS) is 19.7. The van der Waals surface area contributed by atoms with E-state index >= 15 is 0 Å². The number of fused-ring (bicyclic) bond motifs is 1. The Morgan fingerprint density at radius 2 is 2.04 bits per heavy atom. The van der Waals surface area contributed by atoms with Crippen LogP contribution in [-0.2, 0) is 16.0 Å². The van der Waals surface area contributed by atoms with E-state index in [0.717, 1.165) is 30.6 Å². The Morgan fingerprint density at radius 3 is 2.75 bits per heavy atom. The van der Waals surface area contributed by atoms with Crippen LogP contribution in [0.2, 0.25) is 0 Å². The molecule has 0 saturated heterocycles. The third-order valence-corrected chi connectivity index (χ3v) is 5.55. The van der Waals surface area contributed by atoms with E-state index in [-0.39, 0.29) is 11.8 Å².